The minimum Gasteiger partial charge on any atom is -0.395 e. The van der Waals surface area contributed by atoms with Gasteiger partial charge < -0.3 is 15.7 Å². The summed E-state index contributed by atoms with van der Waals surface area (Å²) in [6, 6.07) is 12.5. The van der Waals surface area contributed by atoms with Crippen LogP contribution in [0.15, 0.2) is 48.5 Å². The van der Waals surface area contributed by atoms with Crippen molar-refractivity contribution in [3.8, 4) is 11.1 Å². The first-order chi connectivity index (χ1) is 16.7. The summed E-state index contributed by atoms with van der Waals surface area (Å²) in [6.45, 7) is -0.564. The van der Waals surface area contributed by atoms with Gasteiger partial charge >= 0.3 is 6.03 Å². The molecule has 184 valence electrons. The van der Waals surface area contributed by atoms with Crippen LogP contribution in [-0.2, 0) is 4.79 Å². The second-order valence-corrected chi connectivity index (χ2v) is 8.79. The van der Waals surface area contributed by atoms with Crippen molar-refractivity contribution in [2.24, 2.45) is 0 Å². The molecule has 1 saturated heterocycles. The number of amides is 4. The van der Waals surface area contributed by atoms with E-state index in [-0.39, 0.29) is 37.5 Å². The smallest absolute Gasteiger partial charge is 0.325 e. The lowest BCUT2D eigenvalue weighted by molar-refractivity contribution is -0.135. The summed E-state index contributed by atoms with van der Waals surface area (Å²) in [5.74, 6) is -4.33. The van der Waals surface area contributed by atoms with Gasteiger partial charge in [-0.05, 0) is 30.0 Å². The lowest BCUT2D eigenvalue weighted by atomic mass is 9.80. The standard InChI is InChI=1S/C25H25F2N3O5/c26-25(27)11-9-24(10-12-25)22(34)30(23(35)29-24)15-20(32)17-7-5-16(6-8-17)18-3-1-2-4-19(18)21(33)28-13-14-31/h1-8,31H,9-15H2,(H,28,33)(H,29,35). The van der Waals surface area contributed by atoms with Crippen molar-refractivity contribution in [1.82, 2.24) is 15.5 Å². The fraction of sp³-hybridized carbons (Fsp3) is 0.360. The van der Waals surface area contributed by atoms with Crippen LogP contribution in [0.1, 0.15) is 46.4 Å². The van der Waals surface area contributed by atoms with Crippen LogP contribution in [0, 0.1) is 0 Å². The van der Waals surface area contributed by atoms with Gasteiger partial charge in [0.1, 0.15) is 5.54 Å². The highest BCUT2D eigenvalue weighted by atomic mass is 19.3. The Balaban J connectivity index is 1.47. The van der Waals surface area contributed by atoms with Gasteiger partial charge in [-0.1, -0.05) is 42.5 Å². The number of aliphatic hydroxyl groups is 1. The fourth-order valence-electron chi connectivity index (χ4n) is 4.47. The van der Waals surface area contributed by atoms with Crippen LogP contribution in [0.3, 0.4) is 0 Å². The van der Waals surface area contributed by atoms with E-state index in [0.717, 1.165) is 4.90 Å². The highest BCUT2D eigenvalue weighted by Gasteiger charge is 2.55. The Morgan fingerprint density at radius 2 is 1.66 bits per heavy atom. The van der Waals surface area contributed by atoms with Gasteiger partial charge in [0.25, 0.3) is 11.8 Å². The monoisotopic (exact) mass is 485 g/mol. The van der Waals surface area contributed by atoms with Crippen LogP contribution in [0.25, 0.3) is 11.1 Å². The molecule has 0 aromatic heterocycles. The number of ketones is 1. The zero-order valence-electron chi connectivity index (χ0n) is 18.9. The molecule has 1 aliphatic heterocycles. The highest BCUT2D eigenvalue weighted by molar-refractivity contribution is 6.11. The lowest BCUT2D eigenvalue weighted by Crippen LogP contribution is -2.51. The molecule has 0 atom stereocenters. The number of alkyl halides is 2. The van der Waals surface area contributed by atoms with Crippen LogP contribution in [0.2, 0.25) is 0 Å². The Morgan fingerprint density at radius 3 is 2.31 bits per heavy atom. The molecule has 1 saturated carbocycles. The number of benzene rings is 2. The van der Waals surface area contributed by atoms with Gasteiger partial charge in [-0.3, -0.25) is 19.3 Å². The maximum absolute atomic E-state index is 13.5. The number of urea groups is 1. The molecule has 1 heterocycles. The van der Waals surface area contributed by atoms with E-state index in [1.165, 1.54) is 12.1 Å². The van der Waals surface area contributed by atoms with E-state index >= 15 is 0 Å². The predicted molar refractivity (Wildman–Crippen MR) is 122 cm³/mol. The van der Waals surface area contributed by atoms with Crippen molar-refractivity contribution in [2.75, 3.05) is 19.7 Å². The molecule has 4 amide bonds. The third-order valence-corrected chi connectivity index (χ3v) is 6.47. The zero-order valence-corrected chi connectivity index (χ0v) is 18.9. The summed E-state index contributed by atoms with van der Waals surface area (Å²) in [5, 5.41) is 14.1. The Labute approximate surface area is 200 Å². The van der Waals surface area contributed by atoms with Crippen molar-refractivity contribution in [2.45, 2.75) is 37.1 Å². The summed E-state index contributed by atoms with van der Waals surface area (Å²) in [6.07, 6.45) is -1.34. The molecule has 0 unspecified atom stereocenters. The van der Waals surface area contributed by atoms with E-state index in [4.69, 9.17) is 5.11 Å². The van der Waals surface area contributed by atoms with Crippen LogP contribution in [-0.4, -0.2) is 64.8 Å². The summed E-state index contributed by atoms with van der Waals surface area (Å²) in [5.41, 5.74) is 0.597. The first kappa shape index (κ1) is 24.5. The Hall–Kier alpha value is -3.66. The molecule has 2 aromatic rings. The largest absolute Gasteiger partial charge is 0.395 e. The van der Waals surface area contributed by atoms with Crippen molar-refractivity contribution in [3.05, 3.63) is 59.7 Å². The SMILES string of the molecule is O=C(CN1C(=O)NC2(CCC(F)(F)CC2)C1=O)c1ccc(-c2ccccc2C(=O)NCCO)cc1. The fourth-order valence-corrected chi connectivity index (χ4v) is 4.47. The molecule has 1 aliphatic carbocycles. The third kappa shape index (κ3) is 4.93. The third-order valence-electron chi connectivity index (χ3n) is 6.47. The molecule has 0 radical (unpaired) electrons. The molecule has 0 bridgehead atoms. The van der Waals surface area contributed by atoms with Crippen LogP contribution >= 0.6 is 0 Å². The van der Waals surface area contributed by atoms with Crippen molar-refractivity contribution in [3.63, 3.8) is 0 Å². The number of aliphatic hydroxyl groups excluding tert-OH is 1. The number of halogens is 2. The number of carbonyl (C=O) groups is 4. The Bertz CT molecular complexity index is 1160. The minimum absolute atomic E-state index is 0.118. The molecule has 2 aliphatic rings. The normalized spacial score (nSPS) is 18.4. The van der Waals surface area contributed by atoms with E-state index in [1.54, 1.807) is 36.4 Å². The lowest BCUT2D eigenvalue weighted by Gasteiger charge is -2.34. The van der Waals surface area contributed by atoms with Crippen LogP contribution < -0.4 is 10.6 Å². The van der Waals surface area contributed by atoms with Gasteiger partial charge in [0.05, 0.1) is 13.2 Å². The van der Waals surface area contributed by atoms with E-state index in [9.17, 15) is 28.0 Å². The topological polar surface area (TPSA) is 116 Å². The summed E-state index contributed by atoms with van der Waals surface area (Å²) >= 11 is 0. The number of hydrogen-bond donors (Lipinski definition) is 3. The molecule has 4 rings (SSSR count). The maximum atomic E-state index is 13.5. The first-order valence-corrected chi connectivity index (χ1v) is 11.3. The molecule has 2 aromatic carbocycles. The van der Waals surface area contributed by atoms with E-state index in [1.807, 2.05) is 0 Å². The van der Waals surface area contributed by atoms with Gasteiger partial charge in [0, 0.05) is 30.5 Å². The quantitative estimate of drug-likeness (QED) is 0.412. The molecule has 2 fully saturated rings. The number of nitrogens with one attached hydrogen (secondary N) is 2. The van der Waals surface area contributed by atoms with Gasteiger partial charge in [-0.2, -0.15) is 0 Å². The molecule has 35 heavy (non-hydrogen) atoms. The molecular formula is C25H25F2N3O5. The van der Waals surface area contributed by atoms with Crippen LogP contribution in [0.4, 0.5) is 13.6 Å². The minimum atomic E-state index is -2.86. The molecular weight excluding hydrogens is 460 g/mol. The second kappa shape index (κ2) is 9.53. The number of rotatable bonds is 7. The van der Waals surface area contributed by atoms with Crippen LogP contribution in [0.5, 0.6) is 0 Å². The summed E-state index contributed by atoms with van der Waals surface area (Å²) < 4.78 is 27.1. The number of nitrogens with zero attached hydrogens (tertiary/aromatic N) is 1. The number of Topliss-reactive ketones (excluding diaryl/α,β-unsaturated/α-hetero) is 1. The average molecular weight is 485 g/mol. The molecule has 1 spiro atoms. The number of imide groups is 1. The Kier molecular flexibility index (Phi) is 6.66. The van der Waals surface area contributed by atoms with Crippen molar-refractivity contribution >= 4 is 23.6 Å². The maximum Gasteiger partial charge on any atom is 0.325 e. The highest BCUT2D eigenvalue weighted by Crippen LogP contribution is 2.41. The number of carbonyl (C=O) groups excluding carboxylic acids is 4. The summed E-state index contributed by atoms with van der Waals surface area (Å²) in [7, 11) is 0. The molecule has 10 heteroatoms. The number of hydrogen-bond acceptors (Lipinski definition) is 5. The van der Waals surface area contributed by atoms with E-state index in [0.29, 0.717) is 16.7 Å². The zero-order chi connectivity index (χ0) is 25.2. The van der Waals surface area contributed by atoms with E-state index < -0.39 is 48.6 Å². The second-order valence-electron chi connectivity index (χ2n) is 8.79. The summed E-state index contributed by atoms with van der Waals surface area (Å²) in [4.78, 5) is 51.3. The average Bonchev–Trinajstić information content (AvgIpc) is 3.08. The Morgan fingerprint density at radius 1 is 1.00 bits per heavy atom. The predicted octanol–water partition coefficient (Wildman–Crippen LogP) is 2.76. The van der Waals surface area contributed by atoms with E-state index in [2.05, 4.69) is 10.6 Å². The first-order valence-electron chi connectivity index (χ1n) is 11.3. The van der Waals surface area contributed by atoms with Gasteiger partial charge in [-0.15, -0.1) is 0 Å². The van der Waals surface area contributed by atoms with Crippen molar-refractivity contribution < 1.29 is 33.1 Å². The van der Waals surface area contributed by atoms with Gasteiger partial charge in [0.15, 0.2) is 5.78 Å². The molecule has 8 nitrogen and oxygen atoms in total. The van der Waals surface area contributed by atoms with Crippen molar-refractivity contribution in [1.29, 1.82) is 0 Å². The van der Waals surface area contributed by atoms with Gasteiger partial charge in [-0.25, -0.2) is 13.6 Å². The molecule has 3 N–H and O–H groups in total. The van der Waals surface area contributed by atoms with Gasteiger partial charge in [0.2, 0.25) is 5.92 Å².